The van der Waals surface area contributed by atoms with Gasteiger partial charge in [-0.25, -0.2) is 4.98 Å². The van der Waals surface area contributed by atoms with Crippen LogP contribution < -0.4 is 5.32 Å². The third-order valence-electron chi connectivity index (χ3n) is 3.67. The van der Waals surface area contributed by atoms with Gasteiger partial charge < -0.3 is 5.32 Å². The maximum absolute atomic E-state index is 4.33. The Hall–Kier alpha value is -1.35. The first-order valence-electron chi connectivity index (χ1n) is 7.26. The zero-order chi connectivity index (χ0) is 15.6. The normalized spacial score (nSPS) is 13.0. The molecule has 2 nitrogen and oxygen atoms in total. The van der Waals surface area contributed by atoms with E-state index in [2.05, 4.69) is 84.3 Å². The molecule has 0 aliphatic heterocycles. The number of nitrogens with zero attached hydrogens (tertiary/aromatic N) is 1. The molecule has 1 unspecified atom stereocenters. The fraction of sp³-hybridized carbons (Fsp3) is 0.389. The van der Waals surface area contributed by atoms with Crippen molar-refractivity contribution in [2.45, 2.75) is 46.1 Å². The quantitative estimate of drug-likeness (QED) is 0.729. The highest BCUT2D eigenvalue weighted by Crippen LogP contribution is 2.26. The SMILES string of the molecule is Cc1cc(NC(C)c2ccc(C(C)(C)C)cc2)cnc1Br. The molecule has 0 saturated carbocycles. The Morgan fingerprint density at radius 1 is 1.14 bits per heavy atom. The standard InChI is InChI=1S/C18H23BrN2/c1-12-10-16(11-20-17(12)19)21-13(2)14-6-8-15(9-7-14)18(3,4)5/h6-11,13,21H,1-5H3. The molecule has 0 spiro atoms. The lowest BCUT2D eigenvalue weighted by molar-refractivity contribution is 0.589. The molecule has 0 fully saturated rings. The lowest BCUT2D eigenvalue weighted by Gasteiger charge is -2.21. The first-order valence-corrected chi connectivity index (χ1v) is 8.06. The molecule has 0 amide bonds. The van der Waals surface area contributed by atoms with Crippen LogP contribution in [0.3, 0.4) is 0 Å². The molecular weight excluding hydrogens is 324 g/mol. The van der Waals surface area contributed by atoms with Gasteiger partial charge in [0.2, 0.25) is 0 Å². The number of benzene rings is 1. The van der Waals surface area contributed by atoms with Gasteiger partial charge in [0.05, 0.1) is 11.9 Å². The summed E-state index contributed by atoms with van der Waals surface area (Å²) >= 11 is 3.43. The first-order chi connectivity index (χ1) is 9.77. The maximum Gasteiger partial charge on any atom is 0.109 e. The largest absolute Gasteiger partial charge is 0.377 e. The highest BCUT2D eigenvalue weighted by molar-refractivity contribution is 9.10. The highest BCUT2D eigenvalue weighted by atomic mass is 79.9. The number of nitrogens with one attached hydrogen (secondary N) is 1. The number of anilines is 1. The van der Waals surface area contributed by atoms with Gasteiger partial charge in [-0.2, -0.15) is 0 Å². The Morgan fingerprint density at radius 2 is 1.76 bits per heavy atom. The van der Waals surface area contributed by atoms with Crippen molar-refractivity contribution in [3.63, 3.8) is 0 Å². The summed E-state index contributed by atoms with van der Waals surface area (Å²) in [4.78, 5) is 4.33. The Kier molecular flexibility index (Phi) is 4.72. The predicted molar refractivity (Wildman–Crippen MR) is 93.9 cm³/mol. The van der Waals surface area contributed by atoms with E-state index in [0.717, 1.165) is 15.9 Å². The molecule has 0 aliphatic carbocycles. The number of aryl methyl sites for hydroxylation is 1. The van der Waals surface area contributed by atoms with Gasteiger partial charge in [-0.05, 0) is 57.9 Å². The zero-order valence-electron chi connectivity index (χ0n) is 13.4. The van der Waals surface area contributed by atoms with Gasteiger partial charge in [-0.1, -0.05) is 45.0 Å². The number of rotatable bonds is 3. The second-order valence-electron chi connectivity index (χ2n) is 6.57. The highest BCUT2D eigenvalue weighted by Gasteiger charge is 2.14. The van der Waals surface area contributed by atoms with E-state index in [0.29, 0.717) is 0 Å². The van der Waals surface area contributed by atoms with Crippen molar-refractivity contribution in [3.8, 4) is 0 Å². The van der Waals surface area contributed by atoms with E-state index in [1.165, 1.54) is 11.1 Å². The molecule has 0 radical (unpaired) electrons. The summed E-state index contributed by atoms with van der Waals surface area (Å²) in [5.74, 6) is 0. The van der Waals surface area contributed by atoms with Crippen molar-refractivity contribution >= 4 is 21.6 Å². The van der Waals surface area contributed by atoms with Crippen molar-refractivity contribution in [3.05, 3.63) is 57.8 Å². The van der Waals surface area contributed by atoms with Crippen molar-refractivity contribution in [2.75, 3.05) is 5.32 Å². The fourth-order valence-electron chi connectivity index (χ4n) is 2.24. The van der Waals surface area contributed by atoms with Crippen LogP contribution in [0.5, 0.6) is 0 Å². The van der Waals surface area contributed by atoms with Crippen molar-refractivity contribution in [2.24, 2.45) is 0 Å². The smallest absolute Gasteiger partial charge is 0.109 e. The second kappa shape index (κ2) is 6.18. The van der Waals surface area contributed by atoms with Crippen LogP contribution in [0.4, 0.5) is 5.69 Å². The third-order valence-corrected chi connectivity index (χ3v) is 4.50. The predicted octanol–water partition coefficient (Wildman–Crippen LogP) is 5.62. The van der Waals surface area contributed by atoms with E-state index in [1.54, 1.807) is 0 Å². The Balaban J connectivity index is 2.13. The van der Waals surface area contributed by atoms with Gasteiger partial charge in [0, 0.05) is 6.04 Å². The lowest BCUT2D eigenvalue weighted by atomic mass is 9.86. The van der Waals surface area contributed by atoms with Gasteiger partial charge in [-0.3, -0.25) is 0 Å². The maximum atomic E-state index is 4.33. The lowest BCUT2D eigenvalue weighted by Crippen LogP contribution is -2.12. The summed E-state index contributed by atoms with van der Waals surface area (Å²) < 4.78 is 0.898. The summed E-state index contributed by atoms with van der Waals surface area (Å²) in [6.07, 6.45) is 1.86. The molecule has 1 aromatic carbocycles. The molecule has 2 rings (SSSR count). The average Bonchev–Trinajstić information content (AvgIpc) is 2.42. The van der Waals surface area contributed by atoms with Crippen molar-refractivity contribution in [1.29, 1.82) is 0 Å². The number of hydrogen-bond donors (Lipinski definition) is 1. The van der Waals surface area contributed by atoms with Crippen molar-refractivity contribution in [1.82, 2.24) is 4.98 Å². The van der Waals surface area contributed by atoms with Gasteiger partial charge in [-0.15, -0.1) is 0 Å². The number of aromatic nitrogens is 1. The van der Waals surface area contributed by atoms with Gasteiger partial charge in [0.15, 0.2) is 0 Å². The third kappa shape index (κ3) is 4.07. The van der Waals surface area contributed by atoms with E-state index in [4.69, 9.17) is 0 Å². The van der Waals surface area contributed by atoms with Crippen LogP contribution in [-0.2, 0) is 5.41 Å². The zero-order valence-corrected chi connectivity index (χ0v) is 15.0. The molecule has 0 saturated heterocycles. The second-order valence-corrected chi connectivity index (χ2v) is 7.32. The minimum Gasteiger partial charge on any atom is -0.377 e. The number of halogens is 1. The molecule has 1 N–H and O–H groups in total. The number of hydrogen-bond acceptors (Lipinski definition) is 2. The summed E-state index contributed by atoms with van der Waals surface area (Å²) in [6.45, 7) is 10.9. The van der Waals surface area contributed by atoms with E-state index in [9.17, 15) is 0 Å². The van der Waals surface area contributed by atoms with Crippen LogP contribution in [0.15, 0.2) is 41.1 Å². The molecule has 2 aromatic rings. The molecule has 1 atom stereocenters. The van der Waals surface area contributed by atoms with E-state index < -0.39 is 0 Å². The fourth-order valence-corrected chi connectivity index (χ4v) is 2.46. The van der Waals surface area contributed by atoms with Crippen molar-refractivity contribution < 1.29 is 0 Å². The molecule has 0 bridgehead atoms. The topological polar surface area (TPSA) is 24.9 Å². The number of pyridine rings is 1. The molecule has 112 valence electrons. The average molecular weight is 347 g/mol. The Labute approximate surface area is 136 Å². The summed E-state index contributed by atoms with van der Waals surface area (Å²) in [6, 6.07) is 11.2. The van der Waals surface area contributed by atoms with Gasteiger partial charge >= 0.3 is 0 Å². The van der Waals surface area contributed by atoms with E-state index in [1.807, 2.05) is 13.1 Å². The Morgan fingerprint density at radius 3 is 2.29 bits per heavy atom. The van der Waals surface area contributed by atoms with Crippen LogP contribution in [0.1, 0.15) is 50.4 Å². The van der Waals surface area contributed by atoms with Crippen LogP contribution in [0.2, 0.25) is 0 Å². The van der Waals surface area contributed by atoms with Crippen LogP contribution >= 0.6 is 15.9 Å². The minimum atomic E-state index is 0.196. The molecule has 3 heteroatoms. The first kappa shape index (κ1) is 16.0. The minimum absolute atomic E-state index is 0.196. The summed E-state index contributed by atoms with van der Waals surface area (Å²) in [5, 5.41) is 3.50. The molecule has 1 aromatic heterocycles. The molecule has 1 heterocycles. The van der Waals surface area contributed by atoms with E-state index >= 15 is 0 Å². The molecule has 21 heavy (non-hydrogen) atoms. The van der Waals surface area contributed by atoms with E-state index in [-0.39, 0.29) is 11.5 Å². The Bertz CT molecular complexity index is 612. The molecule has 0 aliphatic rings. The molecular formula is C18H23BrN2. The van der Waals surface area contributed by atoms with Gasteiger partial charge in [0.1, 0.15) is 4.60 Å². The van der Waals surface area contributed by atoms with Gasteiger partial charge in [0.25, 0.3) is 0 Å². The van der Waals surface area contributed by atoms with Crippen LogP contribution in [0.25, 0.3) is 0 Å². The van der Waals surface area contributed by atoms with Crippen LogP contribution in [-0.4, -0.2) is 4.98 Å². The summed E-state index contributed by atoms with van der Waals surface area (Å²) in [7, 11) is 0. The summed E-state index contributed by atoms with van der Waals surface area (Å²) in [5.41, 5.74) is 5.02. The monoisotopic (exact) mass is 346 g/mol. The van der Waals surface area contributed by atoms with Crippen LogP contribution in [0, 0.1) is 6.92 Å².